The molecule has 128 valence electrons. The molecule has 6 heteroatoms. The number of carbonyl (C=O) groups excluding carboxylic acids is 1. The number of benzene rings is 1. The predicted octanol–water partition coefficient (Wildman–Crippen LogP) is 3.86. The molecule has 1 N–H and O–H groups in total. The van der Waals surface area contributed by atoms with E-state index in [0.717, 1.165) is 31.7 Å². The summed E-state index contributed by atoms with van der Waals surface area (Å²) in [6.45, 7) is 4.92. The van der Waals surface area contributed by atoms with Gasteiger partial charge < -0.3 is 4.42 Å². The van der Waals surface area contributed by atoms with Crippen LogP contribution in [0.4, 0.5) is 5.13 Å². The summed E-state index contributed by atoms with van der Waals surface area (Å²) in [5.41, 5.74) is 4.24. The van der Waals surface area contributed by atoms with Crippen LogP contribution in [0, 0.1) is 6.92 Å². The molecular formula is C19H19N3O2S. The number of nitrogens with one attached hydrogen (secondary N) is 1. The standard InChI is InChI=1S/C19H19N3O2S/c1-13-3-2-4-14(9-13)10-22-7-5-16-17(11-22)25-19(20-16)21-18(23)15-6-8-24-12-15/h2-4,6,8-9,12H,5,7,10-11H2,1H3,(H,20,21,23). The number of amides is 1. The highest BCUT2D eigenvalue weighted by molar-refractivity contribution is 7.15. The summed E-state index contributed by atoms with van der Waals surface area (Å²) in [4.78, 5) is 20.4. The van der Waals surface area contributed by atoms with Gasteiger partial charge in [-0.3, -0.25) is 15.0 Å². The third kappa shape index (κ3) is 3.65. The summed E-state index contributed by atoms with van der Waals surface area (Å²) in [6, 6.07) is 10.3. The highest BCUT2D eigenvalue weighted by Crippen LogP contribution is 2.29. The highest BCUT2D eigenvalue weighted by Gasteiger charge is 2.21. The van der Waals surface area contributed by atoms with Gasteiger partial charge in [-0.25, -0.2) is 4.98 Å². The van der Waals surface area contributed by atoms with Crippen LogP contribution >= 0.6 is 11.3 Å². The topological polar surface area (TPSA) is 58.4 Å². The normalized spacial score (nSPS) is 14.3. The van der Waals surface area contributed by atoms with Gasteiger partial charge in [0.05, 0.1) is 17.5 Å². The molecule has 0 aliphatic carbocycles. The van der Waals surface area contributed by atoms with E-state index in [1.807, 2.05) is 0 Å². The van der Waals surface area contributed by atoms with Gasteiger partial charge in [0.1, 0.15) is 6.26 Å². The van der Waals surface area contributed by atoms with Crippen molar-refractivity contribution in [3.63, 3.8) is 0 Å². The minimum absolute atomic E-state index is 0.184. The average Bonchev–Trinajstić information content (AvgIpc) is 3.23. The van der Waals surface area contributed by atoms with Crippen LogP contribution < -0.4 is 5.32 Å². The van der Waals surface area contributed by atoms with Crippen molar-refractivity contribution < 1.29 is 9.21 Å². The minimum Gasteiger partial charge on any atom is -0.472 e. The first-order valence-corrected chi connectivity index (χ1v) is 9.09. The van der Waals surface area contributed by atoms with Gasteiger partial charge in [0.25, 0.3) is 5.91 Å². The van der Waals surface area contributed by atoms with E-state index in [0.29, 0.717) is 10.7 Å². The number of furan rings is 1. The number of fused-ring (bicyclic) bond motifs is 1. The summed E-state index contributed by atoms with van der Waals surface area (Å²) in [6.07, 6.45) is 3.84. The van der Waals surface area contributed by atoms with Gasteiger partial charge in [0.15, 0.2) is 5.13 Å². The second kappa shape index (κ2) is 6.82. The third-order valence-electron chi connectivity index (χ3n) is 4.30. The van der Waals surface area contributed by atoms with E-state index >= 15 is 0 Å². The molecule has 3 heterocycles. The van der Waals surface area contributed by atoms with E-state index in [1.54, 1.807) is 17.4 Å². The van der Waals surface area contributed by atoms with E-state index < -0.39 is 0 Å². The lowest BCUT2D eigenvalue weighted by molar-refractivity contribution is 0.102. The zero-order valence-corrected chi connectivity index (χ0v) is 14.8. The van der Waals surface area contributed by atoms with E-state index in [9.17, 15) is 4.79 Å². The third-order valence-corrected chi connectivity index (χ3v) is 5.30. The lowest BCUT2D eigenvalue weighted by Crippen LogP contribution is -2.29. The largest absolute Gasteiger partial charge is 0.472 e. The first kappa shape index (κ1) is 16.1. The van der Waals surface area contributed by atoms with E-state index in [4.69, 9.17) is 4.42 Å². The molecule has 1 amide bonds. The first-order valence-electron chi connectivity index (χ1n) is 8.27. The predicted molar refractivity (Wildman–Crippen MR) is 97.8 cm³/mol. The molecule has 1 aliphatic heterocycles. The molecule has 5 nitrogen and oxygen atoms in total. The van der Waals surface area contributed by atoms with Crippen LogP contribution in [0.25, 0.3) is 0 Å². The summed E-state index contributed by atoms with van der Waals surface area (Å²) >= 11 is 1.56. The number of aryl methyl sites for hydroxylation is 1. The van der Waals surface area contributed by atoms with E-state index in [1.165, 1.54) is 28.5 Å². The summed E-state index contributed by atoms with van der Waals surface area (Å²) < 4.78 is 4.95. The molecule has 1 aliphatic rings. The van der Waals surface area contributed by atoms with Crippen molar-refractivity contribution >= 4 is 22.4 Å². The molecule has 0 saturated heterocycles. The van der Waals surface area contributed by atoms with Crippen LogP contribution in [0.5, 0.6) is 0 Å². The first-order chi connectivity index (χ1) is 12.2. The number of anilines is 1. The Morgan fingerprint density at radius 3 is 3.12 bits per heavy atom. The van der Waals surface area contributed by atoms with Gasteiger partial charge in [-0.15, -0.1) is 11.3 Å². The Hall–Kier alpha value is -2.44. The van der Waals surface area contributed by atoms with Gasteiger partial charge in [0.2, 0.25) is 0 Å². The number of hydrogen-bond donors (Lipinski definition) is 1. The lowest BCUT2D eigenvalue weighted by atomic mass is 10.1. The van der Waals surface area contributed by atoms with Crippen molar-refractivity contribution in [1.82, 2.24) is 9.88 Å². The van der Waals surface area contributed by atoms with Crippen molar-refractivity contribution in [2.24, 2.45) is 0 Å². The molecule has 0 bridgehead atoms. The maximum Gasteiger partial charge on any atom is 0.260 e. The van der Waals surface area contributed by atoms with E-state index in [2.05, 4.69) is 46.4 Å². The van der Waals surface area contributed by atoms with Gasteiger partial charge in [-0.2, -0.15) is 0 Å². The Morgan fingerprint density at radius 1 is 1.40 bits per heavy atom. The van der Waals surface area contributed by atoms with Crippen LogP contribution in [0.15, 0.2) is 47.3 Å². The van der Waals surface area contributed by atoms with Gasteiger partial charge in [-0.1, -0.05) is 29.8 Å². The molecule has 0 radical (unpaired) electrons. The minimum atomic E-state index is -0.184. The second-order valence-corrected chi connectivity index (χ2v) is 7.39. The molecule has 0 fully saturated rings. The van der Waals surface area contributed by atoms with Crippen molar-refractivity contribution in [3.8, 4) is 0 Å². The Morgan fingerprint density at radius 2 is 2.32 bits per heavy atom. The van der Waals surface area contributed by atoms with Crippen LogP contribution in [0.3, 0.4) is 0 Å². The summed E-state index contributed by atoms with van der Waals surface area (Å²) in [5.74, 6) is -0.184. The van der Waals surface area contributed by atoms with Crippen LogP contribution in [0.1, 0.15) is 32.1 Å². The van der Waals surface area contributed by atoms with Crippen molar-refractivity contribution in [2.75, 3.05) is 11.9 Å². The average molecular weight is 353 g/mol. The Labute approximate surface area is 150 Å². The molecule has 2 aromatic heterocycles. The summed E-state index contributed by atoms with van der Waals surface area (Å²) in [5, 5.41) is 3.52. The molecule has 0 saturated carbocycles. The number of hydrogen-bond acceptors (Lipinski definition) is 5. The second-order valence-electron chi connectivity index (χ2n) is 6.30. The SMILES string of the molecule is Cc1cccc(CN2CCc3nc(NC(=O)c4ccoc4)sc3C2)c1. The smallest absolute Gasteiger partial charge is 0.260 e. The Bertz CT molecular complexity index is 886. The fraction of sp³-hybridized carbons (Fsp3) is 0.263. The highest BCUT2D eigenvalue weighted by atomic mass is 32.1. The Balaban J connectivity index is 1.43. The number of aromatic nitrogens is 1. The van der Waals surface area contributed by atoms with Crippen molar-refractivity contribution in [2.45, 2.75) is 26.4 Å². The molecule has 0 unspecified atom stereocenters. The van der Waals surface area contributed by atoms with Gasteiger partial charge in [0, 0.05) is 30.9 Å². The fourth-order valence-corrected chi connectivity index (χ4v) is 4.11. The lowest BCUT2D eigenvalue weighted by Gasteiger charge is -2.25. The number of carbonyl (C=O) groups is 1. The number of rotatable bonds is 4. The zero-order valence-electron chi connectivity index (χ0n) is 14.0. The quantitative estimate of drug-likeness (QED) is 0.774. The molecule has 4 rings (SSSR count). The maximum atomic E-state index is 12.1. The van der Waals surface area contributed by atoms with Crippen molar-refractivity contribution in [1.29, 1.82) is 0 Å². The maximum absolute atomic E-state index is 12.1. The van der Waals surface area contributed by atoms with Gasteiger partial charge >= 0.3 is 0 Å². The van der Waals surface area contributed by atoms with Crippen LogP contribution in [-0.2, 0) is 19.5 Å². The number of thiazole rings is 1. The molecule has 1 aromatic carbocycles. The van der Waals surface area contributed by atoms with Gasteiger partial charge in [-0.05, 0) is 18.6 Å². The number of nitrogens with zero attached hydrogens (tertiary/aromatic N) is 2. The molecular weight excluding hydrogens is 334 g/mol. The summed E-state index contributed by atoms with van der Waals surface area (Å²) in [7, 11) is 0. The molecule has 25 heavy (non-hydrogen) atoms. The molecule has 0 atom stereocenters. The zero-order chi connectivity index (χ0) is 17.2. The van der Waals surface area contributed by atoms with E-state index in [-0.39, 0.29) is 5.91 Å². The molecule has 0 spiro atoms. The van der Waals surface area contributed by atoms with Crippen molar-refractivity contribution in [3.05, 3.63) is 70.1 Å². The Kier molecular flexibility index (Phi) is 4.38. The fourth-order valence-electron chi connectivity index (χ4n) is 3.07. The molecule has 3 aromatic rings. The van der Waals surface area contributed by atoms with Crippen LogP contribution in [-0.4, -0.2) is 22.3 Å². The van der Waals surface area contributed by atoms with Crippen LogP contribution in [0.2, 0.25) is 0 Å². The monoisotopic (exact) mass is 353 g/mol.